The molecule has 2 aromatic rings. The zero-order valence-corrected chi connectivity index (χ0v) is 11.9. The Balaban J connectivity index is 2.26. The van der Waals surface area contributed by atoms with Crippen molar-refractivity contribution in [1.29, 1.82) is 0 Å². The molecule has 0 unspecified atom stereocenters. The molecule has 0 atom stereocenters. The summed E-state index contributed by atoms with van der Waals surface area (Å²) in [4.78, 5) is 15.3. The molecule has 0 aliphatic rings. The minimum Gasteiger partial charge on any atom is -0.295 e. The number of hydrogen-bond donors (Lipinski definition) is 1. The van der Waals surface area contributed by atoms with E-state index in [1.54, 1.807) is 12.1 Å². The van der Waals surface area contributed by atoms with E-state index < -0.39 is 10.0 Å². The van der Waals surface area contributed by atoms with Gasteiger partial charge in [-0.15, -0.1) is 0 Å². The molecule has 0 radical (unpaired) electrons. The first-order valence-corrected chi connectivity index (χ1v) is 7.43. The molecule has 5 nitrogen and oxygen atoms in total. The molecular weight excluding hydrogens is 276 g/mol. The topological polar surface area (TPSA) is 76.1 Å². The van der Waals surface area contributed by atoms with Crippen LogP contribution in [0.2, 0.25) is 0 Å². The molecule has 2 rings (SSSR count). The monoisotopic (exact) mass is 290 g/mol. The van der Waals surface area contributed by atoms with Crippen LogP contribution in [0.25, 0.3) is 0 Å². The van der Waals surface area contributed by atoms with Gasteiger partial charge in [0.05, 0.1) is 16.8 Å². The van der Waals surface area contributed by atoms with Gasteiger partial charge in [0.2, 0.25) is 0 Å². The number of pyridine rings is 1. The maximum Gasteiger partial charge on any atom is 0.261 e. The van der Waals surface area contributed by atoms with E-state index in [2.05, 4.69) is 9.71 Å². The van der Waals surface area contributed by atoms with Gasteiger partial charge in [0.25, 0.3) is 10.0 Å². The van der Waals surface area contributed by atoms with Crippen LogP contribution in [-0.4, -0.2) is 19.2 Å². The number of rotatable bonds is 4. The molecule has 1 N–H and O–H groups in total. The minimum absolute atomic E-state index is 0.100. The zero-order valence-electron chi connectivity index (χ0n) is 11.1. The lowest BCUT2D eigenvalue weighted by Gasteiger charge is -2.08. The third kappa shape index (κ3) is 3.21. The number of hydrogen-bond acceptors (Lipinski definition) is 4. The molecule has 20 heavy (non-hydrogen) atoms. The molecule has 1 heterocycles. The lowest BCUT2D eigenvalue weighted by molar-refractivity contribution is 0.101. The molecule has 0 aliphatic heterocycles. The predicted molar refractivity (Wildman–Crippen MR) is 76.2 cm³/mol. The van der Waals surface area contributed by atoms with Crippen LogP contribution in [0, 0.1) is 6.92 Å². The van der Waals surface area contributed by atoms with Crippen LogP contribution >= 0.6 is 0 Å². The maximum atomic E-state index is 12.1. The van der Waals surface area contributed by atoms with Crippen LogP contribution in [0.1, 0.15) is 23.0 Å². The van der Waals surface area contributed by atoms with Crippen molar-refractivity contribution in [2.24, 2.45) is 0 Å². The van der Waals surface area contributed by atoms with Crippen molar-refractivity contribution in [2.75, 3.05) is 4.72 Å². The third-order valence-electron chi connectivity index (χ3n) is 2.73. The number of anilines is 1. The van der Waals surface area contributed by atoms with Crippen molar-refractivity contribution in [3.8, 4) is 0 Å². The number of nitrogens with one attached hydrogen (secondary N) is 1. The number of aromatic nitrogens is 1. The fourth-order valence-corrected chi connectivity index (χ4v) is 2.65. The van der Waals surface area contributed by atoms with Gasteiger partial charge < -0.3 is 0 Å². The predicted octanol–water partition coefficient (Wildman–Crippen LogP) is 2.39. The Morgan fingerprint density at radius 3 is 2.25 bits per heavy atom. The standard InChI is InChI=1S/C14H14N2O3S/c1-10-3-6-13(9-15-10)16-20(18,19)14-7-4-12(5-8-14)11(2)17/h3-9,16H,1-2H3. The van der Waals surface area contributed by atoms with Crippen LogP contribution < -0.4 is 4.72 Å². The van der Waals surface area contributed by atoms with E-state index in [1.165, 1.54) is 37.4 Å². The zero-order chi connectivity index (χ0) is 14.8. The molecule has 0 aliphatic carbocycles. The van der Waals surface area contributed by atoms with Crippen LogP contribution in [0.3, 0.4) is 0 Å². The SMILES string of the molecule is CC(=O)c1ccc(S(=O)(=O)Nc2ccc(C)nc2)cc1. The van der Waals surface area contributed by atoms with Crippen molar-refractivity contribution in [3.63, 3.8) is 0 Å². The Bertz CT molecular complexity index is 720. The van der Waals surface area contributed by atoms with Crippen LogP contribution in [0.4, 0.5) is 5.69 Å². The van der Waals surface area contributed by atoms with Crippen molar-refractivity contribution in [2.45, 2.75) is 18.7 Å². The summed E-state index contributed by atoms with van der Waals surface area (Å²) in [5.74, 6) is -0.107. The summed E-state index contributed by atoms with van der Waals surface area (Å²) in [5.41, 5.74) is 1.67. The highest BCUT2D eigenvalue weighted by atomic mass is 32.2. The summed E-state index contributed by atoms with van der Waals surface area (Å²) in [6, 6.07) is 9.15. The highest BCUT2D eigenvalue weighted by Gasteiger charge is 2.14. The number of aryl methyl sites for hydroxylation is 1. The van der Waals surface area contributed by atoms with Gasteiger partial charge in [-0.3, -0.25) is 14.5 Å². The van der Waals surface area contributed by atoms with Gasteiger partial charge in [-0.05, 0) is 38.1 Å². The number of carbonyl (C=O) groups is 1. The average molecular weight is 290 g/mol. The third-order valence-corrected chi connectivity index (χ3v) is 4.13. The average Bonchev–Trinajstić information content (AvgIpc) is 2.41. The van der Waals surface area contributed by atoms with Gasteiger partial charge >= 0.3 is 0 Å². The Labute approximate surface area is 117 Å². The normalized spacial score (nSPS) is 11.1. The van der Waals surface area contributed by atoms with Gasteiger partial charge in [0.15, 0.2) is 5.78 Å². The number of ketones is 1. The summed E-state index contributed by atoms with van der Waals surface area (Å²) in [6.07, 6.45) is 1.46. The summed E-state index contributed by atoms with van der Waals surface area (Å²) in [6.45, 7) is 3.25. The van der Waals surface area contributed by atoms with Crippen molar-refractivity contribution in [1.82, 2.24) is 4.98 Å². The summed E-state index contributed by atoms with van der Waals surface area (Å²) >= 11 is 0. The summed E-state index contributed by atoms with van der Waals surface area (Å²) in [7, 11) is -3.67. The Kier molecular flexibility index (Phi) is 3.85. The fourth-order valence-electron chi connectivity index (χ4n) is 1.61. The second kappa shape index (κ2) is 5.42. The van der Waals surface area contributed by atoms with Gasteiger partial charge in [0.1, 0.15) is 0 Å². The Morgan fingerprint density at radius 2 is 1.75 bits per heavy atom. The molecule has 0 spiro atoms. The quantitative estimate of drug-likeness (QED) is 0.877. The highest BCUT2D eigenvalue weighted by molar-refractivity contribution is 7.92. The molecule has 1 aromatic heterocycles. The number of sulfonamides is 1. The highest BCUT2D eigenvalue weighted by Crippen LogP contribution is 2.16. The molecule has 0 saturated heterocycles. The van der Waals surface area contributed by atoms with Gasteiger partial charge in [-0.1, -0.05) is 12.1 Å². The number of carbonyl (C=O) groups excluding carboxylic acids is 1. The fraction of sp³-hybridized carbons (Fsp3) is 0.143. The molecular formula is C14H14N2O3S. The lowest BCUT2D eigenvalue weighted by atomic mass is 10.2. The number of Topliss-reactive ketones (excluding diaryl/α,β-unsaturated/α-hetero) is 1. The van der Waals surface area contributed by atoms with Crippen molar-refractivity contribution >= 4 is 21.5 Å². The Hall–Kier alpha value is -2.21. The largest absolute Gasteiger partial charge is 0.295 e. The van der Waals surface area contributed by atoms with Crippen LogP contribution in [-0.2, 0) is 10.0 Å². The van der Waals surface area contributed by atoms with E-state index in [4.69, 9.17) is 0 Å². The van der Waals surface area contributed by atoms with Crippen molar-refractivity contribution < 1.29 is 13.2 Å². The number of nitrogens with zero attached hydrogens (tertiary/aromatic N) is 1. The summed E-state index contributed by atoms with van der Waals surface area (Å²) in [5, 5.41) is 0. The van der Waals surface area contributed by atoms with E-state index in [0.29, 0.717) is 11.3 Å². The second-order valence-electron chi connectivity index (χ2n) is 4.37. The van der Waals surface area contributed by atoms with Gasteiger partial charge in [-0.2, -0.15) is 0 Å². The first-order chi connectivity index (χ1) is 9.38. The Morgan fingerprint density at radius 1 is 1.10 bits per heavy atom. The van der Waals surface area contributed by atoms with E-state index in [1.807, 2.05) is 6.92 Å². The van der Waals surface area contributed by atoms with Gasteiger partial charge in [0, 0.05) is 11.3 Å². The van der Waals surface area contributed by atoms with E-state index in [-0.39, 0.29) is 10.7 Å². The lowest BCUT2D eigenvalue weighted by Crippen LogP contribution is -2.13. The van der Waals surface area contributed by atoms with Crippen LogP contribution in [0.15, 0.2) is 47.5 Å². The molecule has 0 bridgehead atoms. The smallest absolute Gasteiger partial charge is 0.261 e. The van der Waals surface area contributed by atoms with E-state index in [9.17, 15) is 13.2 Å². The second-order valence-corrected chi connectivity index (χ2v) is 6.06. The maximum absolute atomic E-state index is 12.1. The first-order valence-electron chi connectivity index (χ1n) is 5.95. The van der Waals surface area contributed by atoms with E-state index >= 15 is 0 Å². The molecule has 0 fully saturated rings. The molecule has 104 valence electrons. The minimum atomic E-state index is -3.67. The van der Waals surface area contributed by atoms with Gasteiger partial charge in [-0.25, -0.2) is 8.42 Å². The molecule has 6 heteroatoms. The molecule has 1 aromatic carbocycles. The summed E-state index contributed by atoms with van der Waals surface area (Å²) < 4.78 is 26.7. The molecule has 0 amide bonds. The van der Waals surface area contributed by atoms with Crippen molar-refractivity contribution in [3.05, 3.63) is 53.9 Å². The molecule has 0 saturated carbocycles. The number of benzene rings is 1. The van der Waals surface area contributed by atoms with E-state index in [0.717, 1.165) is 5.69 Å². The first kappa shape index (κ1) is 14.2. The van der Waals surface area contributed by atoms with Crippen LogP contribution in [0.5, 0.6) is 0 Å².